The molecule has 0 aliphatic heterocycles. The summed E-state index contributed by atoms with van der Waals surface area (Å²) in [5, 5.41) is 4.88. The van der Waals surface area contributed by atoms with Crippen molar-refractivity contribution in [1.29, 1.82) is 0 Å². The summed E-state index contributed by atoms with van der Waals surface area (Å²) in [7, 11) is 0. The van der Waals surface area contributed by atoms with Crippen LogP contribution in [0, 0.1) is 0 Å². The molecule has 10 heteroatoms. The third kappa shape index (κ3) is 2.53. The first-order valence-electron chi connectivity index (χ1n) is 5.15. The Morgan fingerprint density at radius 2 is 2.21 bits per heavy atom. The Kier molecular flexibility index (Phi) is 3.08. The normalized spacial score (nSPS) is 10.6. The molecule has 0 atom stereocenters. The molecule has 0 aliphatic rings. The molecule has 0 aliphatic carbocycles. The molecule has 9 nitrogen and oxygen atoms in total. The summed E-state index contributed by atoms with van der Waals surface area (Å²) < 4.78 is 6.62. The average Bonchev–Trinajstić information content (AvgIpc) is 3.11. The van der Waals surface area contributed by atoms with Crippen LogP contribution in [0.5, 0.6) is 0 Å². The van der Waals surface area contributed by atoms with Gasteiger partial charge in [0.2, 0.25) is 11.1 Å². The van der Waals surface area contributed by atoms with E-state index in [4.69, 9.17) is 10.3 Å². The monoisotopic (exact) mass is 276 g/mol. The van der Waals surface area contributed by atoms with E-state index in [0.717, 1.165) is 11.8 Å². The predicted molar refractivity (Wildman–Crippen MR) is 65.4 cm³/mol. The molecular weight excluding hydrogens is 268 g/mol. The van der Waals surface area contributed by atoms with E-state index in [-0.39, 0.29) is 5.95 Å². The third-order valence-corrected chi connectivity index (χ3v) is 2.77. The van der Waals surface area contributed by atoms with E-state index in [1.54, 1.807) is 24.7 Å². The molecule has 0 bridgehead atoms. The van der Waals surface area contributed by atoms with Gasteiger partial charge in [-0.15, -0.1) is 0 Å². The fraction of sp³-hybridized carbons (Fsp3) is 0. The van der Waals surface area contributed by atoms with Crippen LogP contribution in [0.15, 0.2) is 45.7 Å². The SMILES string of the molecule is NNc1nc(Sc2ncco2)nc(-n2cccn2)n1. The molecule has 0 aromatic carbocycles. The average molecular weight is 276 g/mol. The molecule has 0 fully saturated rings. The van der Waals surface area contributed by atoms with E-state index in [0.29, 0.717) is 16.3 Å². The van der Waals surface area contributed by atoms with Gasteiger partial charge in [0.15, 0.2) is 0 Å². The predicted octanol–water partition coefficient (Wildman–Crippen LogP) is 0.482. The second kappa shape index (κ2) is 5.04. The van der Waals surface area contributed by atoms with E-state index in [2.05, 4.69) is 30.5 Å². The molecule has 0 radical (unpaired) electrons. The van der Waals surface area contributed by atoms with Gasteiger partial charge in [-0.25, -0.2) is 15.5 Å². The maximum atomic E-state index is 5.33. The van der Waals surface area contributed by atoms with Crippen LogP contribution in [0.3, 0.4) is 0 Å². The number of nitrogens with zero attached hydrogens (tertiary/aromatic N) is 6. The number of hydrazine groups is 1. The number of hydrogen-bond donors (Lipinski definition) is 2. The maximum Gasteiger partial charge on any atom is 0.263 e. The Balaban J connectivity index is 1.98. The Labute approximate surface area is 111 Å². The Hall–Kier alpha value is -2.46. The molecule has 0 amide bonds. The fourth-order valence-corrected chi connectivity index (χ4v) is 1.92. The summed E-state index contributed by atoms with van der Waals surface area (Å²) in [4.78, 5) is 16.4. The van der Waals surface area contributed by atoms with Crippen LogP contribution in [-0.4, -0.2) is 29.7 Å². The van der Waals surface area contributed by atoms with Crippen LogP contribution in [0.4, 0.5) is 5.95 Å². The van der Waals surface area contributed by atoms with Gasteiger partial charge in [0.25, 0.3) is 11.2 Å². The highest BCUT2D eigenvalue weighted by Crippen LogP contribution is 2.23. The van der Waals surface area contributed by atoms with E-state index >= 15 is 0 Å². The van der Waals surface area contributed by atoms with Crippen molar-refractivity contribution < 1.29 is 4.42 Å². The molecule has 19 heavy (non-hydrogen) atoms. The largest absolute Gasteiger partial charge is 0.440 e. The quantitative estimate of drug-likeness (QED) is 0.517. The summed E-state index contributed by atoms with van der Waals surface area (Å²) in [6.07, 6.45) is 6.36. The molecule has 3 rings (SSSR count). The first-order valence-corrected chi connectivity index (χ1v) is 5.97. The van der Waals surface area contributed by atoms with Gasteiger partial charge >= 0.3 is 0 Å². The summed E-state index contributed by atoms with van der Waals surface area (Å²) in [5.74, 6) is 5.91. The van der Waals surface area contributed by atoms with Crippen molar-refractivity contribution in [2.45, 2.75) is 10.4 Å². The summed E-state index contributed by atoms with van der Waals surface area (Å²) in [6.45, 7) is 0. The Morgan fingerprint density at radius 3 is 2.89 bits per heavy atom. The molecule has 3 heterocycles. The number of nitrogens with two attached hydrogens (primary N) is 1. The van der Waals surface area contributed by atoms with Crippen LogP contribution in [0.1, 0.15) is 0 Å². The van der Waals surface area contributed by atoms with Gasteiger partial charge in [-0.2, -0.15) is 20.1 Å². The van der Waals surface area contributed by atoms with Crippen molar-refractivity contribution in [2.75, 3.05) is 5.43 Å². The van der Waals surface area contributed by atoms with Crippen LogP contribution in [0.2, 0.25) is 0 Å². The zero-order valence-electron chi connectivity index (χ0n) is 9.46. The van der Waals surface area contributed by atoms with Crippen molar-refractivity contribution in [3.05, 3.63) is 30.9 Å². The minimum atomic E-state index is 0.231. The van der Waals surface area contributed by atoms with Crippen molar-refractivity contribution in [3.63, 3.8) is 0 Å². The number of hydrogen-bond acceptors (Lipinski definition) is 9. The summed E-state index contributed by atoms with van der Waals surface area (Å²) in [6, 6.07) is 1.76. The first-order chi connectivity index (χ1) is 9.35. The van der Waals surface area contributed by atoms with Gasteiger partial charge in [0.1, 0.15) is 6.26 Å². The van der Waals surface area contributed by atoms with Crippen LogP contribution in [0.25, 0.3) is 5.95 Å². The standard InChI is InChI=1S/C9H8N8OS/c10-16-6-13-7(17-4-1-2-12-17)15-8(14-6)19-9-11-3-5-18-9/h1-5H,10H2,(H,13,14,15,16). The third-order valence-electron chi connectivity index (χ3n) is 2.03. The molecule has 0 unspecified atom stereocenters. The van der Waals surface area contributed by atoms with Crippen molar-refractivity contribution in [3.8, 4) is 5.95 Å². The van der Waals surface area contributed by atoms with Gasteiger partial charge < -0.3 is 4.42 Å². The molecule has 0 saturated carbocycles. The second-order valence-electron chi connectivity index (χ2n) is 3.24. The smallest absolute Gasteiger partial charge is 0.263 e. The number of aromatic nitrogens is 6. The number of anilines is 1. The molecule has 3 aromatic rings. The number of nitrogen functional groups attached to an aromatic ring is 1. The van der Waals surface area contributed by atoms with E-state index in [1.165, 1.54) is 10.9 Å². The van der Waals surface area contributed by atoms with E-state index < -0.39 is 0 Å². The zero-order chi connectivity index (χ0) is 13.1. The van der Waals surface area contributed by atoms with Crippen molar-refractivity contribution in [2.24, 2.45) is 5.84 Å². The number of nitrogens with one attached hydrogen (secondary N) is 1. The Bertz CT molecular complexity index is 653. The van der Waals surface area contributed by atoms with Gasteiger partial charge in [0.05, 0.1) is 6.20 Å². The number of oxazole rings is 1. The molecule has 96 valence electrons. The zero-order valence-corrected chi connectivity index (χ0v) is 10.3. The topological polar surface area (TPSA) is 121 Å². The van der Waals surface area contributed by atoms with Crippen molar-refractivity contribution >= 4 is 17.7 Å². The lowest BCUT2D eigenvalue weighted by Gasteiger charge is -2.04. The molecular formula is C9H8N8OS. The molecule has 3 N–H and O–H groups in total. The highest BCUT2D eigenvalue weighted by atomic mass is 32.2. The first kappa shape index (κ1) is 11.6. The number of rotatable bonds is 4. The maximum absolute atomic E-state index is 5.33. The van der Waals surface area contributed by atoms with Gasteiger partial charge in [-0.3, -0.25) is 5.43 Å². The lowest BCUT2D eigenvalue weighted by molar-refractivity contribution is 0.453. The van der Waals surface area contributed by atoms with Crippen molar-refractivity contribution in [1.82, 2.24) is 29.7 Å². The molecule has 3 aromatic heterocycles. The molecule has 0 saturated heterocycles. The van der Waals surface area contributed by atoms with E-state index in [9.17, 15) is 0 Å². The highest BCUT2D eigenvalue weighted by Gasteiger charge is 2.11. The Morgan fingerprint density at radius 1 is 1.26 bits per heavy atom. The minimum absolute atomic E-state index is 0.231. The van der Waals surface area contributed by atoms with E-state index in [1.807, 2.05) is 0 Å². The van der Waals surface area contributed by atoms with Crippen LogP contribution >= 0.6 is 11.8 Å². The highest BCUT2D eigenvalue weighted by molar-refractivity contribution is 7.98. The fourth-order valence-electron chi connectivity index (χ4n) is 1.28. The van der Waals surface area contributed by atoms with Gasteiger partial charge in [-0.05, 0) is 6.07 Å². The summed E-state index contributed by atoms with van der Waals surface area (Å²) in [5.41, 5.74) is 2.38. The minimum Gasteiger partial charge on any atom is -0.440 e. The van der Waals surface area contributed by atoms with Crippen LogP contribution < -0.4 is 11.3 Å². The van der Waals surface area contributed by atoms with Gasteiger partial charge in [-0.1, -0.05) is 0 Å². The van der Waals surface area contributed by atoms with Crippen LogP contribution in [-0.2, 0) is 0 Å². The lowest BCUT2D eigenvalue weighted by atomic mass is 10.7. The summed E-state index contributed by atoms with van der Waals surface area (Å²) >= 11 is 1.16. The van der Waals surface area contributed by atoms with Gasteiger partial charge in [0, 0.05) is 24.2 Å². The lowest BCUT2D eigenvalue weighted by Crippen LogP contribution is -2.14. The molecule has 0 spiro atoms. The second-order valence-corrected chi connectivity index (χ2v) is 4.16.